The van der Waals surface area contributed by atoms with E-state index in [1.165, 1.54) is 58.0 Å². The fraction of sp³-hybridized carbons (Fsp3) is 1.00. The molecule has 1 nitrogen and oxygen atoms in total. The summed E-state index contributed by atoms with van der Waals surface area (Å²) in [5.74, 6) is 2.84. The summed E-state index contributed by atoms with van der Waals surface area (Å²) in [5.41, 5.74) is 0.581. The number of rotatable bonds is 8. The Morgan fingerprint density at radius 1 is 1.11 bits per heavy atom. The van der Waals surface area contributed by atoms with Gasteiger partial charge in [-0.2, -0.15) is 0 Å². The quantitative estimate of drug-likeness (QED) is 0.592. The maximum atomic E-state index is 3.67. The summed E-state index contributed by atoms with van der Waals surface area (Å²) in [4.78, 5) is 0. The first kappa shape index (κ1) is 17.0. The molecule has 0 aliphatic heterocycles. The molecule has 0 radical (unpaired) electrons. The van der Waals surface area contributed by atoms with Crippen LogP contribution in [0.4, 0.5) is 0 Å². The molecule has 1 saturated carbocycles. The SMILES string of the molecule is CCCNCC1CCC(C)(C)CC1CC(CC)CC. The van der Waals surface area contributed by atoms with Crippen molar-refractivity contribution in [3.63, 3.8) is 0 Å². The van der Waals surface area contributed by atoms with Gasteiger partial charge in [0.05, 0.1) is 0 Å². The van der Waals surface area contributed by atoms with Crippen LogP contribution in [0, 0.1) is 23.2 Å². The van der Waals surface area contributed by atoms with Crippen molar-refractivity contribution in [1.82, 2.24) is 5.32 Å². The smallest absolute Gasteiger partial charge is 0.00179 e. The van der Waals surface area contributed by atoms with Crippen LogP contribution in [0.2, 0.25) is 0 Å². The first-order chi connectivity index (χ1) is 9.02. The minimum Gasteiger partial charge on any atom is -0.316 e. The van der Waals surface area contributed by atoms with Crippen molar-refractivity contribution < 1.29 is 0 Å². The second-order valence-electron chi connectivity index (χ2n) is 7.55. The average molecular weight is 268 g/mol. The molecule has 114 valence electrons. The van der Waals surface area contributed by atoms with Gasteiger partial charge in [-0.3, -0.25) is 0 Å². The normalized spacial score (nSPS) is 26.8. The van der Waals surface area contributed by atoms with Crippen molar-refractivity contribution in [1.29, 1.82) is 0 Å². The van der Waals surface area contributed by atoms with Gasteiger partial charge < -0.3 is 5.32 Å². The number of hydrogen-bond donors (Lipinski definition) is 1. The van der Waals surface area contributed by atoms with E-state index in [2.05, 4.69) is 39.9 Å². The van der Waals surface area contributed by atoms with Crippen molar-refractivity contribution in [2.45, 2.75) is 79.6 Å². The summed E-state index contributed by atoms with van der Waals surface area (Å²) >= 11 is 0. The topological polar surface area (TPSA) is 12.0 Å². The molecule has 0 spiro atoms. The standard InChI is InChI=1S/C18H37N/c1-6-11-19-14-16-9-10-18(4,5)13-17(16)12-15(7-2)8-3/h15-17,19H,6-14H2,1-5H3. The second kappa shape index (κ2) is 8.29. The Bertz CT molecular complexity index is 230. The van der Waals surface area contributed by atoms with Crippen molar-refractivity contribution in [3.8, 4) is 0 Å². The summed E-state index contributed by atoms with van der Waals surface area (Å²) < 4.78 is 0. The van der Waals surface area contributed by atoms with Crippen LogP contribution in [-0.2, 0) is 0 Å². The molecular weight excluding hydrogens is 230 g/mol. The van der Waals surface area contributed by atoms with E-state index >= 15 is 0 Å². The molecule has 0 aromatic heterocycles. The van der Waals surface area contributed by atoms with Gasteiger partial charge in [0, 0.05) is 0 Å². The van der Waals surface area contributed by atoms with Crippen molar-refractivity contribution in [2.75, 3.05) is 13.1 Å². The molecular formula is C18H37N. The van der Waals surface area contributed by atoms with Crippen LogP contribution in [0.15, 0.2) is 0 Å². The highest BCUT2D eigenvalue weighted by molar-refractivity contribution is 4.86. The van der Waals surface area contributed by atoms with Crippen LogP contribution in [0.25, 0.3) is 0 Å². The minimum absolute atomic E-state index is 0.581. The number of hydrogen-bond acceptors (Lipinski definition) is 1. The van der Waals surface area contributed by atoms with Crippen LogP contribution in [-0.4, -0.2) is 13.1 Å². The molecule has 1 rings (SSSR count). The summed E-state index contributed by atoms with van der Waals surface area (Å²) in [6.07, 6.45) is 9.76. The van der Waals surface area contributed by atoms with Gasteiger partial charge >= 0.3 is 0 Å². The van der Waals surface area contributed by atoms with Crippen LogP contribution in [0.3, 0.4) is 0 Å². The molecule has 2 unspecified atom stereocenters. The fourth-order valence-electron chi connectivity index (χ4n) is 3.85. The van der Waals surface area contributed by atoms with Gasteiger partial charge in [-0.25, -0.2) is 0 Å². The lowest BCUT2D eigenvalue weighted by Crippen LogP contribution is -2.37. The lowest BCUT2D eigenvalue weighted by Gasteiger charge is -2.42. The molecule has 0 saturated heterocycles. The van der Waals surface area contributed by atoms with E-state index in [9.17, 15) is 0 Å². The van der Waals surface area contributed by atoms with Gasteiger partial charge in [0.1, 0.15) is 0 Å². The summed E-state index contributed by atoms with van der Waals surface area (Å²) in [5, 5.41) is 3.67. The van der Waals surface area contributed by atoms with Gasteiger partial charge in [-0.05, 0) is 68.4 Å². The lowest BCUT2D eigenvalue weighted by atomic mass is 9.64. The molecule has 0 aromatic rings. The van der Waals surface area contributed by atoms with Crippen LogP contribution in [0.1, 0.15) is 79.6 Å². The highest BCUT2D eigenvalue weighted by Gasteiger charge is 2.35. The molecule has 1 aliphatic carbocycles. The van der Waals surface area contributed by atoms with Crippen molar-refractivity contribution in [2.24, 2.45) is 23.2 Å². The maximum Gasteiger partial charge on any atom is -0.00179 e. The zero-order valence-electron chi connectivity index (χ0n) is 14.1. The Morgan fingerprint density at radius 3 is 2.37 bits per heavy atom. The lowest BCUT2D eigenvalue weighted by molar-refractivity contribution is 0.0955. The molecule has 0 bridgehead atoms. The van der Waals surface area contributed by atoms with Crippen molar-refractivity contribution >= 4 is 0 Å². The van der Waals surface area contributed by atoms with E-state index in [1.807, 2.05) is 0 Å². The van der Waals surface area contributed by atoms with Gasteiger partial charge in [0.15, 0.2) is 0 Å². The molecule has 1 aliphatic rings. The zero-order valence-corrected chi connectivity index (χ0v) is 14.1. The monoisotopic (exact) mass is 267 g/mol. The maximum absolute atomic E-state index is 3.67. The third kappa shape index (κ3) is 5.85. The predicted molar refractivity (Wildman–Crippen MR) is 86.5 cm³/mol. The largest absolute Gasteiger partial charge is 0.316 e. The van der Waals surface area contributed by atoms with E-state index in [0.29, 0.717) is 5.41 Å². The third-order valence-corrected chi connectivity index (χ3v) is 5.30. The molecule has 0 aromatic carbocycles. The van der Waals surface area contributed by atoms with E-state index < -0.39 is 0 Å². The zero-order chi connectivity index (χ0) is 14.3. The minimum atomic E-state index is 0.581. The molecule has 19 heavy (non-hydrogen) atoms. The molecule has 0 heterocycles. The molecule has 2 atom stereocenters. The van der Waals surface area contributed by atoms with Gasteiger partial charge in [-0.15, -0.1) is 0 Å². The van der Waals surface area contributed by atoms with Crippen LogP contribution < -0.4 is 5.32 Å². The van der Waals surface area contributed by atoms with E-state index in [-0.39, 0.29) is 0 Å². The first-order valence-electron chi connectivity index (χ1n) is 8.73. The number of nitrogens with one attached hydrogen (secondary N) is 1. The Labute approximate surface area is 121 Å². The summed E-state index contributed by atoms with van der Waals surface area (Å²) in [6.45, 7) is 14.4. The molecule has 1 heteroatoms. The van der Waals surface area contributed by atoms with Gasteiger partial charge in [0.2, 0.25) is 0 Å². The Balaban J connectivity index is 2.55. The fourth-order valence-corrected chi connectivity index (χ4v) is 3.85. The highest BCUT2D eigenvalue weighted by Crippen LogP contribution is 2.44. The van der Waals surface area contributed by atoms with E-state index in [1.54, 1.807) is 0 Å². The first-order valence-corrected chi connectivity index (χ1v) is 8.73. The average Bonchev–Trinajstić information content (AvgIpc) is 2.38. The Morgan fingerprint density at radius 2 is 1.79 bits per heavy atom. The third-order valence-electron chi connectivity index (χ3n) is 5.30. The molecule has 0 amide bonds. The van der Waals surface area contributed by atoms with Gasteiger partial charge in [0.25, 0.3) is 0 Å². The highest BCUT2D eigenvalue weighted by atomic mass is 14.9. The summed E-state index contributed by atoms with van der Waals surface area (Å²) in [7, 11) is 0. The van der Waals surface area contributed by atoms with Crippen LogP contribution >= 0.6 is 0 Å². The Kier molecular flexibility index (Phi) is 7.42. The predicted octanol–water partition coefficient (Wildman–Crippen LogP) is 5.25. The Hall–Kier alpha value is -0.0400. The second-order valence-corrected chi connectivity index (χ2v) is 7.55. The summed E-state index contributed by atoms with van der Waals surface area (Å²) in [6, 6.07) is 0. The van der Waals surface area contributed by atoms with Gasteiger partial charge in [-0.1, -0.05) is 47.5 Å². The van der Waals surface area contributed by atoms with Crippen molar-refractivity contribution in [3.05, 3.63) is 0 Å². The molecule has 1 N–H and O–H groups in total. The van der Waals surface area contributed by atoms with Crippen LogP contribution in [0.5, 0.6) is 0 Å². The van der Waals surface area contributed by atoms with E-state index in [0.717, 1.165) is 17.8 Å². The van der Waals surface area contributed by atoms with E-state index in [4.69, 9.17) is 0 Å². The molecule has 1 fully saturated rings.